The van der Waals surface area contributed by atoms with Gasteiger partial charge in [0.1, 0.15) is 5.69 Å². The van der Waals surface area contributed by atoms with Crippen molar-refractivity contribution in [2.24, 2.45) is 5.92 Å². The Kier molecular flexibility index (Phi) is 5.09. The summed E-state index contributed by atoms with van der Waals surface area (Å²) in [5, 5.41) is 20.1. The number of nitro benzene ring substituents is 1. The van der Waals surface area contributed by atoms with Gasteiger partial charge < -0.3 is 10.0 Å². The summed E-state index contributed by atoms with van der Waals surface area (Å²) in [5.41, 5.74) is 1.24. The lowest BCUT2D eigenvalue weighted by molar-refractivity contribution is -0.384. The molecule has 0 fully saturated rings. The Bertz CT molecular complexity index is 419. The molecule has 0 radical (unpaired) electrons. The number of aliphatic hydroxyl groups excluding tert-OH is 1. The van der Waals surface area contributed by atoms with Gasteiger partial charge in [0.2, 0.25) is 0 Å². The molecule has 0 saturated carbocycles. The maximum Gasteiger partial charge on any atom is 0.292 e. The van der Waals surface area contributed by atoms with Crippen LogP contribution in [0.4, 0.5) is 11.4 Å². The van der Waals surface area contributed by atoms with Crippen molar-refractivity contribution in [3.8, 4) is 0 Å². The molecular formula is C13H20N2O3. The second-order valence-corrected chi connectivity index (χ2v) is 4.67. The highest BCUT2D eigenvalue weighted by Gasteiger charge is 2.19. The van der Waals surface area contributed by atoms with E-state index in [9.17, 15) is 10.1 Å². The number of hydrogen-bond donors (Lipinski definition) is 1. The SMILES string of the molecule is CCN(CC(C)C)c1ccc(CO)cc1[N+](=O)[O-]. The minimum atomic E-state index is -0.391. The summed E-state index contributed by atoms with van der Waals surface area (Å²) in [6.07, 6.45) is 0. The number of nitro groups is 1. The minimum Gasteiger partial charge on any atom is -0.392 e. The molecule has 0 aliphatic carbocycles. The first-order valence-corrected chi connectivity index (χ1v) is 6.12. The van der Waals surface area contributed by atoms with Crippen molar-refractivity contribution in [1.82, 2.24) is 0 Å². The molecule has 0 aromatic heterocycles. The predicted molar refractivity (Wildman–Crippen MR) is 71.7 cm³/mol. The van der Waals surface area contributed by atoms with E-state index in [1.165, 1.54) is 6.07 Å². The van der Waals surface area contributed by atoms with E-state index in [0.29, 0.717) is 17.2 Å². The standard InChI is InChI=1S/C13H20N2O3/c1-4-14(8-10(2)3)12-6-5-11(9-16)7-13(12)15(17)18/h5-7,10,16H,4,8-9H2,1-3H3. The lowest BCUT2D eigenvalue weighted by Crippen LogP contribution is -2.27. The fourth-order valence-corrected chi connectivity index (χ4v) is 1.92. The third-order valence-corrected chi connectivity index (χ3v) is 2.73. The zero-order chi connectivity index (χ0) is 13.7. The van der Waals surface area contributed by atoms with E-state index in [2.05, 4.69) is 13.8 Å². The van der Waals surface area contributed by atoms with Gasteiger partial charge in [0.15, 0.2) is 0 Å². The molecule has 18 heavy (non-hydrogen) atoms. The lowest BCUT2D eigenvalue weighted by atomic mass is 10.1. The monoisotopic (exact) mass is 252 g/mol. The molecule has 0 aliphatic heterocycles. The molecule has 100 valence electrons. The van der Waals surface area contributed by atoms with Gasteiger partial charge in [-0.2, -0.15) is 0 Å². The Morgan fingerprint density at radius 2 is 2.11 bits per heavy atom. The van der Waals surface area contributed by atoms with Crippen LogP contribution in [0.15, 0.2) is 18.2 Å². The zero-order valence-corrected chi connectivity index (χ0v) is 11.1. The topological polar surface area (TPSA) is 66.6 Å². The second kappa shape index (κ2) is 6.35. The van der Waals surface area contributed by atoms with Crippen LogP contribution in [0.2, 0.25) is 0 Å². The molecule has 1 N–H and O–H groups in total. The molecule has 0 unspecified atom stereocenters. The highest BCUT2D eigenvalue weighted by atomic mass is 16.6. The number of aliphatic hydroxyl groups is 1. The summed E-state index contributed by atoms with van der Waals surface area (Å²) in [6, 6.07) is 4.89. The maximum absolute atomic E-state index is 11.1. The van der Waals surface area contributed by atoms with E-state index in [4.69, 9.17) is 5.11 Å². The number of hydrogen-bond acceptors (Lipinski definition) is 4. The largest absolute Gasteiger partial charge is 0.392 e. The van der Waals surface area contributed by atoms with Crippen LogP contribution in [0.25, 0.3) is 0 Å². The molecule has 1 aromatic rings. The van der Waals surface area contributed by atoms with E-state index < -0.39 is 4.92 Å². The number of nitrogens with zero attached hydrogens (tertiary/aromatic N) is 2. The molecule has 5 heteroatoms. The smallest absolute Gasteiger partial charge is 0.292 e. The summed E-state index contributed by atoms with van der Waals surface area (Å²) in [6.45, 7) is 7.45. The van der Waals surface area contributed by atoms with E-state index in [1.807, 2.05) is 11.8 Å². The van der Waals surface area contributed by atoms with Crippen LogP contribution >= 0.6 is 0 Å². The van der Waals surface area contributed by atoms with Crippen molar-refractivity contribution >= 4 is 11.4 Å². The van der Waals surface area contributed by atoms with Gasteiger partial charge in [0.25, 0.3) is 5.69 Å². The van der Waals surface area contributed by atoms with Crippen LogP contribution < -0.4 is 4.90 Å². The number of anilines is 1. The Morgan fingerprint density at radius 3 is 2.56 bits per heavy atom. The van der Waals surface area contributed by atoms with Crippen LogP contribution in [0.1, 0.15) is 26.3 Å². The third-order valence-electron chi connectivity index (χ3n) is 2.73. The molecule has 0 amide bonds. The summed E-state index contributed by atoms with van der Waals surface area (Å²) in [7, 11) is 0. The quantitative estimate of drug-likeness (QED) is 0.624. The van der Waals surface area contributed by atoms with Gasteiger partial charge in [-0.05, 0) is 24.5 Å². The highest BCUT2D eigenvalue weighted by Crippen LogP contribution is 2.29. The summed E-state index contributed by atoms with van der Waals surface area (Å²) in [5.74, 6) is 0.432. The van der Waals surface area contributed by atoms with Gasteiger partial charge in [-0.3, -0.25) is 10.1 Å². The van der Waals surface area contributed by atoms with Gasteiger partial charge in [0.05, 0.1) is 11.5 Å². The highest BCUT2D eigenvalue weighted by molar-refractivity contribution is 5.64. The third kappa shape index (κ3) is 3.43. The molecule has 5 nitrogen and oxygen atoms in total. The second-order valence-electron chi connectivity index (χ2n) is 4.67. The maximum atomic E-state index is 11.1. The fraction of sp³-hybridized carbons (Fsp3) is 0.538. The molecule has 1 aromatic carbocycles. The van der Waals surface area contributed by atoms with Crippen molar-refractivity contribution in [1.29, 1.82) is 0 Å². The Morgan fingerprint density at radius 1 is 1.44 bits per heavy atom. The first-order chi connectivity index (χ1) is 8.49. The number of benzene rings is 1. The van der Waals surface area contributed by atoms with Crippen molar-refractivity contribution in [2.75, 3.05) is 18.0 Å². The fourth-order valence-electron chi connectivity index (χ4n) is 1.92. The molecule has 0 aliphatic rings. The molecule has 0 atom stereocenters. The lowest BCUT2D eigenvalue weighted by Gasteiger charge is -2.25. The first kappa shape index (κ1) is 14.4. The van der Waals surface area contributed by atoms with Crippen LogP contribution in [0.3, 0.4) is 0 Å². The van der Waals surface area contributed by atoms with Gasteiger partial charge in [-0.25, -0.2) is 0 Å². The normalized spacial score (nSPS) is 10.7. The van der Waals surface area contributed by atoms with Crippen LogP contribution in [0.5, 0.6) is 0 Å². The predicted octanol–water partition coefficient (Wildman–Crippen LogP) is 2.57. The Labute approximate surface area is 107 Å². The Balaban J connectivity index is 3.16. The van der Waals surface area contributed by atoms with Gasteiger partial charge in [-0.15, -0.1) is 0 Å². The average molecular weight is 252 g/mol. The van der Waals surface area contributed by atoms with E-state index in [1.54, 1.807) is 12.1 Å². The van der Waals surface area contributed by atoms with Gasteiger partial charge >= 0.3 is 0 Å². The molecular weight excluding hydrogens is 232 g/mol. The molecule has 0 heterocycles. The van der Waals surface area contributed by atoms with Crippen molar-refractivity contribution in [2.45, 2.75) is 27.4 Å². The van der Waals surface area contributed by atoms with Gasteiger partial charge in [-0.1, -0.05) is 19.9 Å². The Hall–Kier alpha value is -1.62. The van der Waals surface area contributed by atoms with Crippen molar-refractivity contribution in [3.05, 3.63) is 33.9 Å². The van der Waals surface area contributed by atoms with E-state index in [0.717, 1.165) is 13.1 Å². The number of rotatable bonds is 6. The van der Waals surface area contributed by atoms with Crippen molar-refractivity contribution in [3.63, 3.8) is 0 Å². The zero-order valence-electron chi connectivity index (χ0n) is 11.1. The molecule has 1 rings (SSSR count). The van der Waals surface area contributed by atoms with Crippen molar-refractivity contribution < 1.29 is 10.0 Å². The van der Waals surface area contributed by atoms with E-state index in [-0.39, 0.29) is 12.3 Å². The van der Waals surface area contributed by atoms with Crippen LogP contribution in [0, 0.1) is 16.0 Å². The molecule has 0 saturated heterocycles. The van der Waals surface area contributed by atoms with Crippen LogP contribution in [-0.2, 0) is 6.61 Å². The minimum absolute atomic E-state index is 0.0593. The molecule has 0 bridgehead atoms. The first-order valence-electron chi connectivity index (χ1n) is 6.12. The van der Waals surface area contributed by atoms with Gasteiger partial charge in [0, 0.05) is 19.2 Å². The van der Waals surface area contributed by atoms with E-state index >= 15 is 0 Å². The summed E-state index contributed by atoms with van der Waals surface area (Å²) < 4.78 is 0. The summed E-state index contributed by atoms with van der Waals surface area (Å²) >= 11 is 0. The van der Waals surface area contributed by atoms with Crippen LogP contribution in [-0.4, -0.2) is 23.1 Å². The average Bonchev–Trinajstić information content (AvgIpc) is 2.34. The summed E-state index contributed by atoms with van der Waals surface area (Å²) in [4.78, 5) is 12.7. The molecule has 0 spiro atoms.